The van der Waals surface area contributed by atoms with E-state index in [9.17, 15) is 4.79 Å². The molecule has 8 heteroatoms. The zero-order valence-electron chi connectivity index (χ0n) is 15.8. The van der Waals surface area contributed by atoms with E-state index in [1.54, 1.807) is 30.9 Å². The largest absolute Gasteiger partial charge is 0.467 e. The summed E-state index contributed by atoms with van der Waals surface area (Å²) in [6.07, 6.45) is 8.25. The minimum atomic E-state index is -0.147. The van der Waals surface area contributed by atoms with E-state index < -0.39 is 0 Å². The van der Waals surface area contributed by atoms with Gasteiger partial charge in [-0.25, -0.2) is 4.98 Å². The van der Waals surface area contributed by atoms with Crippen LogP contribution in [0.15, 0.2) is 65.5 Å². The Kier molecular flexibility index (Phi) is 5.35. The molecule has 0 saturated carbocycles. The van der Waals surface area contributed by atoms with E-state index in [1.807, 2.05) is 35.1 Å². The number of hydrogen-bond donors (Lipinski definition) is 1. The molecule has 4 heterocycles. The van der Waals surface area contributed by atoms with Crippen molar-refractivity contribution in [1.29, 1.82) is 0 Å². The highest BCUT2D eigenvalue weighted by Crippen LogP contribution is 2.31. The van der Waals surface area contributed by atoms with Crippen LogP contribution in [-0.2, 0) is 6.54 Å². The molecule has 29 heavy (non-hydrogen) atoms. The van der Waals surface area contributed by atoms with Crippen LogP contribution in [0.4, 0.5) is 0 Å². The van der Waals surface area contributed by atoms with Crippen LogP contribution in [0.3, 0.4) is 0 Å². The number of nitrogens with zero attached hydrogens (tertiary/aromatic N) is 4. The van der Waals surface area contributed by atoms with Crippen LogP contribution in [0, 0.1) is 6.92 Å². The summed E-state index contributed by atoms with van der Waals surface area (Å²) in [5.74, 6) is 0.651. The molecule has 0 bridgehead atoms. The summed E-state index contributed by atoms with van der Waals surface area (Å²) >= 11 is 1.49. The molecule has 0 aliphatic carbocycles. The number of amides is 1. The molecular weight excluding hydrogens is 386 g/mol. The molecule has 4 aromatic heterocycles. The average molecular weight is 405 g/mol. The molecule has 0 aliphatic rings. The van der Waals surface area contributed by atoms with E-state index in [-0.39, 0.29) is 5.91 Å². The highest BCUT2D eigenvalue weighted by Gasteiger charge is 2.21. The van der Waals surface area contributed by atoms with E-state index in [0.717, 1.165) is 27.8 Å². The predicted octanol–water partition coefficient (Wildman–Crippen LogP) is 3.93. The Morgan fingerprint density at radius 1 is 1.38 bits per heavy atom. The number of carbonyl (C=O) groups is 1. The third kappa shape index (κ3) is 3.88. The van der Waals surface area contributed by atoms with Crippen molar-refractivity contribution in [2.24, 2.45) is 0 Å². The predicted molar refractivity (Wildman–Crippen MR) is 112 cm³/mol. The van der Waals surface area contributed by atoms with Crippen LogP contribution in [0.1, 0.15) is 21.8 Å². The molecule has 1 amide bonds. The van der Waals surface area contributed by atoms with E-state index in [4.69, 9.17) is 9.40 Å². The third-order valence-corrected chi connectivity index (χ3v) is 5.33. The summed E-state index contributed by atoms with van der Waals surface area (Å²) in [5, 5.41) is 5.58. The number of aromatic nitrogens is 4. The maximum Gasteiger partial charge on any atom is 0.253 e. The Balaban J connectivity index is 1.76. The van der Waals surface area contributed by atoms with Crippen molar-refractivity contribution >= 4 is 17.2 Å². The summed E-state index contributed by atoms with van der Waals surface area (Å²) in [5.41, 5.74) is 3.77. The van der Waals surface area contributed by atoms with Gasteiger partial charge in [-0.3, -0.25) is 14.8 Å². The van der Waals surface area contributed by atoms with Crippen molar-refractivity contribution < 1.29 is 9.21 Å². The minimum absolute atomic E-state index is 0.147. The van der Waals surface area contributed by atoms with Gasteiger partial charge >= 0.3 is 0 Å². The van der Waals surface area contributed by atoms with Gasteiger partial charge in [0.1, 0.15) is 16.5 Å². The standard InChI is InChI=1S/C21H19N5O2S/c1-3-6-24-20(27)16-10-19(26(14(16)2)12-15-5-4-9-28-15)18-13-29-21(25-18)17-11-22-7-8-23-17/h3-5,7-11,13H,1,6,12H2,2H3,(H,24,27). The third-order valence-electron chi connectivity index (χ3n) is 4.46. The fourth-order valence-corrected chi connectivity index (χ4v) is 3.80. The Morgan fingerprint density at radius 2 is 2.28 bits per heavy atom. The topological polar surface area (TPSA) is 85.8 Å². The lowest BCUT2D eigenvalue weighted by molar-refractivity contribution is 0.0957. The van der Waals surface area contributed by atoms with Gasteiger partial charge in [0, 0.05) is 30.0 Å². The van der Waals surface area contributed by atoms with Crippen LogP contribution in [0.2, 0.25) is 0 Å². The molecule has 4 rings (SSSR count). The number of thiazole rings is 1. The van der Waals surface area contributed by atoms with Crippen molar-refractivity contribution in [2.45, 2.75) is 13.5 Å². The van der Waals surface area contributed by atoms with Crippen molar-refractivity contribution in [3.63, 3.8) is 0 Å². The van der Waals surface area contributed by atoms with E-state index in [2.05, 4.69) is 21.9 Å². The Hall–Kier alpha value is -3.52. The van der Waals surface area contributed by atoms with Crippen LogP contribution >= 0.6 is 11.3 Å². The van der Waals surface area contributed by atoms with Gasteiger partial charge in [-0.2, -0.15) is 0 Å². The Labute approximate surface area is 171 Å². The molecule has 0 fully saturated rings. The number of hydrogen-bond acceptors (Lipinski definition) is 6. The summed E-state index contributed by atoms with van der Waals surface area (Å²) < 4.78 is 7.56. The SMILES string of the molecule is C=CCNC(=O)c1cc(-c2csc(-c3cnccn3)n2)n(Cc2ccco2)c1C. The highest BCUT2D eigenvalue weighted by atomic mass is 32.1. The van der Waals surface area contributed by atoms with Gasteiger partial charge in [-0.05, 0) is 25.1 Å². The maximum atomic E-state index is 12.6. The lowest BCUT2D eigenvalue weighted by atomic mass is 10.2. The van der Waals surface area contributed by atoms with E-state index >= 15 is 0 Å². The van der Waals surface area contributed by atoms with Crippen molar-refractivity contribution in [3.8, 4) is 22.1 Å². The fraction of sp³-hybridized carbons (Fsp3) is 0.143. The zero-order chi connectivity index (χ0) is 20.2. The Morgan fingerprint density at radius 3 is 3.00 bits per heavy atom. The maximum absolute atomic E-state index is 12.6. The molecule has 0 atom stereocenters. The van der Waals surface area contributed by atoms with E-state index in [0.29, 0.717) is 24.3 Å². The fourth-order valence-electron chi connectivity index (χ4n) is 3.03. The molecule has 7 nitrogen and oxygen atoms in total. The molecule has 1 N–H and O–H groups in total. The summed E-state index contributed by atoms with van der Waals surface area (Å²) in [6.45, 7) is 6.48. The quantitative estimate of drug-likeness (QED) is 0.471. The molecular formula is C21H19N5O2S. The first-order valence-corrected chi connectivity index (χ1v) is 9.89. The van der Waals surface area contributed by atoms with Gasteiger partial charge in [-0.15, -0.1) is 17.9 Å². The lowest BCUT2D eigenvalue weighted by Gasteiger charge is -2.09. The van der Waals surface area contributed by atoms with Crippen molar-refractivity contribution in [3.05, 3.63) is 78.1 Å². The number of carbonyl (C=O) groups excluding carboxylic acids is 1. The molecule has 0 unspecified atom stereocenters. The van der Waals surface area contributed by atoms with Gasteiger partial charge < -0.3 is 14.3 Å². The molecule has 0 spiro atoms. The highest BCUT2D eigenvalue weighted by molar-refractivity contribution is 7.13. The van der Waals surface area contributed by atoms with Gasteiger partial charge in [0.15, 0.2) is 0 Å². The summed E-state index contributed by atoms with van der Waals surface area (Å²) in [4.78, 5) is 25.8. The first-order chi connectivity index (χ1) is 14.2. The second-order valence-corrected chi connectivity index (χ2v) is 7.18. The summed E-state index contributed by atoms with van der Waals surface area (Å²) in [6, 6.07) is 5.62. The van der Waals surface area contributed by atoms with Crippen molar-refractivity contribution in [2.75, 3.05) is 6.54 Å². The summed E-state index contributed by atoms with van der Waals surface area (Å²) in [7, 11) is 0. The van der Waals surface area contributed by atoms with Crippen LogP contribution in [0.5, 0.6) is 0 Å². The lowest BCUT2D eigenvalue weighted by Crippen LogP contribution is -2.23. The second-order valence-electron chi connectivity index (χ2n) is 6.32. The monoisotopic (exact) mass is 405 g/mol. The van der Waals surface area contributed by atoms with Gasteiger partial charge in [-0.1, -0.05) is 6.08 Å². The van der Waals surface area contributed by atoms with Crippen molar-refractivity contribution in [1.82, 2.24) is 24.8 Å². The molecule has 0 radical (unpaired) electrons. The zero-order valence-corrected chi connectivity index (χ0v) is 16.6. The molecule has 0 aliphatic heterocycles. The minimum Gasteiger partial charge on any atom is -0.467 e. The second kappa shape index (κ2) is 8.24. The van der Waals surface area contributed by atoms with E-state index in [1.165, 1.54) is 11.3 Å². The number of nitrogens with one attached hydrogen (secondary N) is 1. The first-order valence-electron chi connectivity index (χ1n) is 9.01. The Bertz CT molecular complexity index is 1130. The number of rotatable bonds is 7. The average Bonchev–Trinajstić information content (AvgIpc) is 3.49. The molecule has 146 valence electrons. The van der Waals surface area contributed by atoms with Gasteiger partial charge in [0.2, 0.25) is 0 Å². The normalized spacial score (nSPS) is 10.8. The van der Waals surface area contributed by atoms with Crippen LogP contribution < -0.4 is 5.32 Å². The number of furan rings is 1. The smallest absolute Gasteiger partial charge is 0.253 e. The first kappa shape index (κ1) is 18.8. The molecule has 0 saturated heterocycles. The van der Waals surface area contributed by atoms with Crippen LogP contribution in [0.25, 0.3) is 22.1 Å². The van der Waals surface area contributed by atoms with Gasteiger partial charge in [0.05, 0.1) is 36.0 Å². The molecule has 0 aromatic carbocycles. The molecule has 4 aromatic rings. The van der Waals surface area contributed by atoms with Crippen LogP contribution in [-0.4, -0.2) is 32.0 Å². The van der Waals surface area contributed by atoms with Gasteiger partial charge in [0.25, 0.3) is 5.91 Å².